The molecule has 1 aromatic carbocycles. The van der Waals surface area contributed by atoms with E-state index in [1.807, 2.05) is 6.92 Å². The van der Waals surface area contributed by atoms with E-state index in [-0.39, 0.29) is 30.3 Å². The van der Waals surface area contributed by atoms with E-state index in [2.05, 4.69) is 5.32 Å². The van der Waals surface area contributed by atoms with Crippen molar-refractivity contribution in [3.8, 4) is 0 Å². The van der Waals surface area contributed by atoms with E-state index in [0.717, 1.165) is 25.1 Å². The van der Waals surface area contributed by atoms with Crippen molar-refractivity contribution in [3.05, 3.63) is 24.3 Å². The van der Waals surface area contributed by atoms with Gasteiger partial charge in [0, 0.05) is 24.3 Å². The van der Waals surface area contributed by atoms with Gasteiger partial charge in [-0.3, -0.25) is 14.4 Å². The van der Waals surface area contributed by atoms with Crippen LogP contribution in [0.15, 0.2) is 24.3 Å². The van der Waals surface area contributed by atoms with Crippen molar-refractivity contribution < 1.29 is 19.1 Å². The maximum atomic E-state index is 11.8. The standard InChI is InChI=1S/C17H20N2O4/c1-11-9-14(11)17(22)23-10-15(20)18-12-4-6-13(7-5-12)19-8-2-3-16(19)21/h4-7,11,14H,2-3,8-10H2,1H3,(H,18,20)/t11-,14-/m1/s1. The summed E-state index contributed by atoms with van der Waals surface area (Å²) in [6.07, 6.45) is 2.31. The van der Waals surface area contributed by atoms with Crippen molar-refractivity contribution in [2.45, 2.75) is 26.2 Å². The molecular formula is C17H20N2O4. The fourth-order valence-corrected chi connectivity index (χ4v) is 2.74. The second-order valence-electron chi connectivity index (χ2n) is 6.17. The average molecular weight is 316 g/mol. The summed E-state index contributed by atoms with van der Waals surface area (Å²) in [5, 5.41) is 2.68. The molecule has 23 heavy (non-hydrogen) atoms. The summed E-state index contributed by atoms with van der Waals surface area (Å²) >= 11 is 0. The lowest BCUT2D eigenvalue weighted by atomic mass is 10.2. The van der Waals surface area contributed by atoms with E-state index >= 15 is 0 Å². The van der Waals surface area contributed by atoms with Crippen molar-refractivity contribution in [2.24, 2.45) is 11.8 Å². The molecule has 1 saturated heterocycles. The normalized spacial score (nSPS) is 22.8. The van der Waals surface area contributed by atoms with Crippen LogP contribution in [0, 0.1) is 11.8 Å². The van der Waals surface area contributed by atoms with Crippen LogP contribution in [0.25, 0.3) is 0 Å². The molecule has 0 spiro atoms. The van der Waals surface area contributed by atoms with Gasteiger partial charge in [-0.25, -0.2) is 0 Å². The number of ether oxygens (including phenoxy) is 1. The van der Waals surface area contributed by atoms with Crippen molar-refractivity contribution in [1.82, 2.24) is 0 Å². The van der Waals surface area contributed by atoms with Gasteiger partial charge in [0.05, 0.1) is 5.92 Å². The molecule has 1 saturated carbocycles. The number of nitrogens with one attached hydrogen (secondary N) is 1. The summed E-state index contributed by atoms with van der Waals surface area (Å²) in [7, 11) is 0. The fourth-order valence-electron chi connectivity index (χ4n) is 2.74. The number of carbonyl (C=O) groups is 3. The number of nitrogens with zero attached hydrogens (tertiary/aromatic N) is 1. The van der Waals surface area contributed by atoms with E-state index in [9.17, 15) is 14.4 Å². The lowest BCUT2D eigenvalue weighted by molar-refractivity contribution is -0.148. The number of hydrogen-bond donors (Lipinski definition) is 1. The Balaban J connectivity index is 1.48. The van der Waals surface area contributed by atoms with E-state index in [4.69, 9.17) is 4.74 Å². The van der Waals surface area contributed by atoms with Gasteiger partial charge in [0.1, 0.15) is 0 Å². The molecule has 1 heterocycles. The van der Waals surface area contributed by atoms with Gasteiger partial charge in [0.15, 0.2) is 6.61 Å². The molecule has 0 unspecified atom stereocenters. The summed E-state index contributed by atoms with van der Waals surface area (Å²) in [4.78, 5) is 36.8. The molecule has 0 radical (unpaired) electrons. The molecule has 1 aliphatic carbocycles. The summed E-state index contributed by atoms with van der Waals surface area (Å²) in [5.41, 5.74) is 1.45. The van der Waals surface area contributed by atoms with Crippen LogP contribution in [0.4, 0.5) is 11.4 Å². The molecule has 2 atom stereocenters. The van der Waals surface area contributed by atoms with Crippen LogP contribution < -0.4 is 10.2 Å². The number of carbonyl (C=O) groups excluding carboxylic acids is 3. The van der Waals surface area contributed by atoms with Crippen molar-refractivity contribution in [3.63, 3.8) is 0 Å². The van der Waals surface area contributed by atoms with Crippen LogP contribution in [-0.2, 0) is 19.1 Å². The van der Waals surface area contributed by atoms with Crippen molar-refractivity contribution in [1.29, 1.82) is 0 Å². The highest BCUT2D eigenvalue weighted by atomic mass is 16.5. The van der Waals surface area contributed by atoms with Gasteiger partial charge >= 0.3 is 5.97 Å². The van der Waals surface area contributed by atoms with E-state index in [1.165, 1.54) is 0 Å². The van der Waals surface area contributed by atoms with Crippen LogP contribution in [-0.4, -0.2) is 30.9 Å². The summed E-state index contributed by atoms with van der Waals surface area (Å²) in [5.74, 6) is -0.207. The Morgan fingerprint density at radius 3 is 2.57 bits per heavy atom. The molecule has 6 heteroatoms. The molecular weight excluding hydrogens is 296 g/mol. The number of amides is 2. The average Bonchev–Trinajstić information content (AvgIpc) is 3.12. The first kappa shape index (κ1) is 15.5. The van der Waals surface area contributed by atoms with E-state index in [1.54, 1.807) is 29.2 Å². The minimum Gasteiger partial charge on any atom is -0.455 e. The van der Waals surface area contributed by atoms with Crippen LogP contribution in [0.3, 0.4) is 0 Å². The van der Waals surface area contributed by atoms with E-state index < -0.39 is 0 Å². The van der Waals surface area contributed by atoms with Gasteiger partial charge in [-0.1, -0.05) is 6.92 Å². The molecule has 2 fully saturated rings. The molecule has 0 aromatic heterocycles. The van der Waals surface area contributed by atoms with Crippen molar-refractivity contribution in [2.75, 3.05) is 23.4 Å². The minimum absolute atomic E-state index is 0.0416. The Bertz CT molecular complexity index is 626. The minimum atomic E-state index is -0.364. The quantitative estimate of drug-likeness (QED) is 0.843. The Morgan fingerprint density at radius 1 is 1.30 bits per heavy atom. The first-order valence-electron chi connectivity index (χ1n) is 7.91. The molecule has 3 rings (SSSR count). The topological polar surface area (TPSA) is 75.7 Å². The molecule has 2 amide bonds. The number of rotatable bonds is 5. The first-order chi connectivity index (χ1) is 11.0. The number of hydrogen-bond acceptors (Lipinski definition) is 4. The van der Waals surface area contributed by atoms with E-state index in [0.29, 0.717) is 18.0 Å². The zero-order chi connectivity index (χ0) is 16.4. The second-order valence-corrected chi connectivity index (χ2v) is 6.17. The highest BCUT2D eigenvalue weighted by molar-refractivity contribution is 5.96. The third-order valence-corrected chi connectivity index (χ3v) is 4.29. The van der Waals surface area contributed by atoms with Gasteiger partial charge in [-0.2, -0.15) is 0 Å². The Kier molecular flexibility index (Phi) is 4.32. The fraction of sp³-hybridized carbons (Fsp3) is 0.471. The lowest BCUT2D eigenvalue weighted by Gasteiger charge is -2.16. The SMILES string of the molecule is C[C@@H]1C[C@H]1C(=O)OCC(=O)Nc1ccc(N2CCCC2=O)cc1. The Labute approximate surface area is 134 Å². The third kappa shape index (κ3) is 3.70. The number of benzene rings is 1. The first-order valence-corrected chi connectivity index (χ1v) is 7.91. The number of esters is 1. The predicted molar refractivity (Wildman–Crippen MR) is 84.9 cm³/mol. The smallest absolute Gasteiger partial charge is 0.309 e. The lowest BCUT2D eigenvalue weighted by Crippen LogP contribution is -2.24. The monoisotopic (exact) mass is 316 g/mol. The van der Waals surface area contributed by atoms with Gasteiger partial charge in [0.2, 0.25) is 5.91 Å². The van der Waals surface area contributed by atoms with Crippen LogP contribution in [0.5, 0.6) is 0 Å². The third-order valence-electron chi connectivity index (χ3n) is 4.29. The zero-order valence-corrected chi connectivity index (χ0v) is 13.1. The maximum Gasteiger partial charge on any atom is 0.309 e. The van der Waals surface area contributed by atoms with Gasteiger partial charge in [-0.15, -0.1) is 0 Å². The summed E-state index contributed by atoms with van der Waals surface area (Å²) in [6.45, 7) is 2.45. The Hall–Kier alpha value is -2.37. The molecule has 1 aromatic rings. The molecule has 2 aliphatic rings. The summed E-state index contributed by atoms with van der Waals surface area (Å²) < 4.78 is 4.99. The molecule has 0 bridgehead atoms. The van der Waals surface area contributed by atoms with Gasteiger partial charge in [0.25, 0.3) is 5.91 Å². The Morgan fingerprint density at radius 2 is 2.00 bits per heavy atom. The van der Waals surface area contributed by atoms with Gasteiger partial charge in [-0.05, 0) is 43.0 Å². The predicted octanol–water partition coefficient (Wildman–Crippen LogP) is 1.95. The zero-order valence-electron chi connectivity index (χ0n) is 13.1. The number of anilines is 2. The highest BCUT2D eigenvalue weighted by Crippen LogP contribution is 2.38. The van der Waals surface area contributed by atoms with Crippen LogP contribution in [0.2, 0.25) is 0 Å². The molecule has 1 aliphatic heterocycles. The molecule has 1 N–H and O–H groups in total. The van der Waals surface area contributed by atoms with Crippen molar-refractivity contribution >= 4 is 29.2 Å². The second kappa shape index (κ2) is 6.40. The largest absolute Gasteiger partial charge is 0.455 e. The summed E-state index contributed by atoms with van der Waals surface area (Å²) in [6, 6.07) is 7.08. The highest BCUT2D eigenvalue weighted by Gasteiger charge is 2.40. The maximum absolute atomic E-state index is 11.8. The van der Waals surface area contributed by atoms with Gasteiger partial charge < -0.3 is 15.0 Å². The van der Waals surface area contributed by atoms with Crippen LogP contribution in [0.1, 0.15) is 26.2 Å². The molecule has 6 nitrogen and oxygen atoms in total. The van der Waals surface area contributed by atoms with Crippen LogP contribution >= 0.6 is 0 Å². The molecule has 122 valence electrons.